The van der Waals surface area contributed by atoms with E-state index < -0.39 is 12.2 Å². The minimum Gasteiger partial charge on any atom is -0.392 e. The fraction of sp³-hybridized carbons (Fsp3) is 0.933. The van der Waals surface area contributed by atoms with E-state index in [1.54, 1.807) is 0 Å². The minimum absolute atomic E-state index is 0.129. The predicted molar refractivity (Wildman–Crippen MR) is 133 cm³/mol. The van der Waals surface area contributed by atoms with Crippen molar-refractivity contribution in [2.24, 2.45) is 56.7 Å². The third kappa shape index (κ3) is 2.85. The maximum absolute atomic E-state index is 11.5. The van der Waals surface area contributed by atoms with Gasteiger partial charge in [-0.2, -0.15) is 0 Å². The summed E-state index contributed by atoms with van der Waals surface area (Å²) < 4.78 is 0. The van der Waals surface area contributed by atoms with E-state index in [1.165, 1.54) is 44.9 Å². The highest BCUT2D eigenvalue weighted by atomic mass is 16.3. The molecule has 0 bridgehead atoms. The number of rotatable bonds is 2. The van der Waals surface area contributed by atoms with Gasteiger partial charge in [-0.1, -0.05) is 48.1 Å². The molecule has 0 heterocycles. The summed E-state index contributed by atoms with van der Waals surface area (Å²) in [4.78, 5) is 0. The molecular weight excluding hydrogens is 408 g/mol. The van der Waals surface area contributed by atoms with Gasteiger partial charge in [0, 0.05) is 11.8 Å². The predicted octanol–water partition coefficient (Wildman–Crippen LogP) is 5.97. The van der Waals surface area contributed by atoms with Crippen molar-refractivity contribution in [2.45, 2.75) is 112 Å². The van der Waals surface area contributed by atoms with Crippen molar-refractivity contribution in [2.75, 3.05) is 6.61 Å². The van der Waals surface area contributed by atoms with Crippen LogP contribution in [0.25, 0.3) is 0 Å². The Morgan fingerprint density at radius 3 is 2.15 bits per heavy atom. The molecule has 5 aliphatic carbocycles. The summed E-state index contributed by atoms with van der Waals surface area (Å²) in [6.07, 6.45) is 9.49. The normalized spacial score (nSPS) is 57.4. The summed E-state index contributed by atoms with van der Waals surface area (Å²) in [5.74, 6) is 2.63. The molecule has 0 aromatic heterocycles. The molecule has 0 aromatic rings. The highest BCUT2D eigenvalue weighted by Crippen LogP contribution is 2.77. The molecule has 3 heteroatoms. The highest BCUT2D eigenvalue weighted by molar-refractivity contribution is 5.22. The third-order valence-corrected chi connectivity index (χ3v) is 13.7. The Bertz CT molecular complexity index is 819. The summed E-state index contributed by atoms with van der Waals surface area (Å²) in [6.45, 7) is 19.1. The molecule has 188 valence electrons. The number of fused-ring (bicyclic) bond motifs is 7. The summed E-state index contributed by atoms with van der Waals surface area (Å²) >= 11 is 0. The van der Waals surface area contributed by atoms with Gasteiger partial charge in [0.25, 0.3) is 0 Å². The smallest absolute Gasteiger partial charge is 0.0641 e. The van der Waals surface area contributed by atoms with Crippen LogP contribution in [-0.4, -0.2) is 34.1 Å². The van der Waals surface area contributed by atoms with Crippen molar-refractivity contribution in [1.82, 2.24) is 0 Å². The van der Waals surface area contributed by atoms with Crippen molar-refractivity contribution in [3.8, 4) is 0 Å². The molecule has 11 atom stereocenters. The molecule has 0 aliphatic heterocycles. The van der Waals surface area contributed by atoms with E-state index in [4.69, 9.17) is 0 Å². The molecule has 0 spiro atoms. The first kappa shape index (κ1) is 24.3. The standard InChI is InChI=1S/C30H50O3/c1-18(17-31)19-10-12-27(4)14-15-28(5)20(25(19)27)8-9-22-29(28,6)13-11-21-26(2,3)23(32)16-24(33)30(21,22)7/h19-25,31-33H,1,8-17H2,2-7H3. The molecule has 0 aromatic carbocycles. The van der Waals surface area contributed by atoms with Crippen LogP contribution >= 0.6 is 0 Å². The van der Waals surface area contributed by atoms with Crippen LogP contribution in [0.4, 0.5) is 0 Å². The topological polar surface area (TPSA) is 60.7 Å². The highest BCUT2D eigenvalue weighted by Gasteiger charge is 2.71. The van der Waals surface area contributed by atoms with Crippen molar-refractivity contribution >= 4 is 0 Å². The zero-order valence-corrected chi connectivity index (χ0v) is 22.2. The largest absolute Gasteiger partial charge is 0.392 e. The van der Waals surface area contributed by atoms with Gasteiger partial charge in [-0.25, -0.2) is 0 Å². The van der Waals surface area contributed by atoms with E-state index in [2.05, 4.69) is 48.1 Å². The second-order valence-corrected chi connectivity index (χ2v) is 14.8. The van der Waals surface area contributed by atoms with E-state index in [1.807, 2.05) is 0 Å². The van der Waals surface area contributed by atoms with Gasteiger partial charge in [0.1, 0.15) is 0 Å². The van der Waals surface area contributed by atoms with Gasteiger partial charge in [0.2, 0.25) is 0 Å². The molecule has 33 heavy (non-hydrogen) atoms. The van der Waals surface area contributed by atoms with Crippen molar-refractivity contribution in [1.29, 1.82) is 0 Å². The van der Waals surface area contributed by atoms with Gasteiger partial charge >= 0.3 is 0 Å². The Kier molecular flexibility index (Phi) is 5.40. The average Bonchev–Trinajstić information content (AvgIpc) is 3.10. The molecule has 3 nitrogen and oxygen atoms in total. The monoisotopic (exact) mass is 458 g/mol. The van der Waals surface area contributed by atoms with Crippen LogP contribution in [0.3, 0.4) is 0 Å². The Balaban J connectivity index is 1.56. The number of aliphatic hydroxyl groups is 3. The van der Waals surface area contributed by atoms with Gasteiger partial charge in [-0.05, 0) is 108 Å². The first-order valence-corrected chi connectivity index (χ1v) is 13.9. The SMILES string of the molecule is C=C(CO)C1CCC2(C)CCC3(C)C(CCC4C5(C)C(O)CC(O)C(C)(C)C5CCC43C)C12. The number of hydrogen-bond acceptors (Lipinski definition) is 3. The maximum atomic E-state index is 11.5. The molecule has 0 saturated heterocycles. The lowest BCUT2D eigenvalue weighted by Gasteiger charge is -2.73. The molecule has 0 amide bonds. The van der Waals surface area contributed by atoms with Crippen LogP contribution in [0.15, 0.2) is 12.2 Å². The third-order valence-electron chi connectivity index (χ3n) is 13.7. The maximum Gasteiger partial charge on any atom is 0.0641 e. The molecular formula is C30H50O3. The fourth-order valence-corrected chi connectivity index (χ4v) is 11.4. The van der Waals surface area contributed by atoms with E-state index in [0.717, 1.165) is 12.0 Å². The molecule has 3 N–H and O–H groups in total. The van der Waals surface area contributed by atoms with E-state index in [9.17, 15) is 15.3 Å². The molecule has 5 fully saturated rings. The summed E-state index contributed by atoms with van der Waals surface area (Å²) in [6, 6.07) is 0. The molecule has 5 aliphatic rings. The number of hydrogen-bond donors (Lipinski definition) is 3. The molecule has 11 unspecified atom stereocenters. The summed E-state index contributed by atoms with van der Waals surface area (Å²) in [5, 5.41) is 32.4. The first-order valence-electron chi connectivity index (χ1n) is 13.9. The molecule has 0 radical (unpaired) electrons. The Morgan fingerprint density at radius 2 is 1.48 bits per heavy atom. The minimum atomic E-state index is -0.419. The van der Waals surface area contributed by atoms with Crippen molar-refractivity contribution < 1.29 is 15.3 Å². The van der Waals surface area contributed by atoms with Gasteiger partial charge in [-0.3, -0.25) is 0 Å². The van der Waals surface area contributed by atoms with Crippen LogP contribution in [-0.2, 0) is 0 Å². The lowest BCUT2D eigenvalue weighted by Crippen LogP contribution is -2.69. The molecule has 5 rings (SSSR count). The Labute approximate surface area is 202 Å². The van der Waals surface area contributed by atoms with Crippen LogP contribution in [0.2, 0.25) is 0 Å². The summed E-state index contributed by atoms with van der Waals surface area (Å²) in [7, 11) is 0. The second kappa shape index (κ2) is 7.32. The van der Waals surface area contributed by atoms with Crippen LogP contribution in [0.5, 0.6) is 0 Å². The van der Waals surface area contributed by atoms with Crippen LogP contribution in [0, 0.1) is 56.7 Å². The van der Waals surface area contributed by atoms with Gasteiger partial charge in [-0.15, -0.1) is 0 Å². The first-order chi connectivity index (χ1) is 15.3. The van der Waals surface area contributed by atoms with Crippen molar-refractivity contribution in [3.05, 3.63) is 12.2 Å². The van der Waals surface area contributed by atoms with Crippen LogP contribution < -0.4 is 0 Å². The van der Waals surface area contributed by atoms with Gasteiger partial charge < -0.3 is 15.3 Å². The Hall–Kier alpha value is -0.380. The van der Waals surface area contributed by atoms with E-state index >= 15 is 0 Å². The zero-order chi connectivity index (χ0) is 24.2. The lowest BCUT2D eigenvalue weighted by atomic mass is 9.32. The van der Waals surface area contributed by atoms with E-state index in [0.29, 0.717) is 41.4 Å². The second-order valence-electron chi connectivity index (χ2n) is 14.8. The quantitative estimate of drug-likeness (QED) is 0.447. The summed E-state index contributed by atoms with van der Waals surface area (Å²) in [5.41, 5.74) is 1.63. The lowest BCUT2D eigenvalue weighted by molar-refractivity contribution is -0.273. The molecule has 5 saturated carbocycles. The van der Waals surface area contributed by atoms with Gasteiger partial charge in [0.05, 0.1) is 18.8 Å². The van der Waals surface area contributed by atoms with Crippen molar-refractivity contribution in [3.63, 3.8) is 0 Å². The number of aliphatic hydroxyl groups excluding tert-OH is 3. The van der Waals surface area contributed by atoms with E-state index in [-0.39, 0.29) is 28.3 Å². The van der Waals surface area contributed by atoms with Crippen LogP contribution in [0.1, 0.15) is 99.3 Å². The zero-order valence-electron chi connectivity index (χ0n) is 22.2. The average molecular weight is 459 g/mol. The Morgan fingerprint density at radius 1 is 0.788 bits per heavy atom. The van der Waals surface area contributed by atoms with Gasteiger partial charge in [0.15, 0.2) is 0 Å². The fourth-order valence-electron chi connectivity index (χ4n) is 11.4.